The van der Waals surface area contributed by atoms with Crippen LogP contribution in [-0.4, -0.2) is 60.4 Å². The second kappa shape index (κ2) is 16.6. The second-order valence-corrected chi connectivity index (χ2v) is 9.10. The van der Waals surface area contributed by atoms with Gasteiger partial charge < -0.3 is 36.5 Å². The lowest BCUT2D eigenvalue weighted by molar-refractivity contribution is 0.0511. The number of rotatable bonds is 17. The Morgan fingerprint density at radius 1 is 0.738 bits per heavy atom. The molecule has 0 atom stereocenters. The number of amides is 1. The fraction of sp³-hybridized carbons (Fsp3) is 0.267. The van der Waals surface area contributed by atoms with Gasteiger partial charge in [0.2, 0.25) is 17.8 Å². The minimum absolute atomic E-state index is 0.232. The highest BCUT2D eigenvalue weighted by Gasteiger charge is 2.10. The Labute approximate surface area is 244 Å². The number of hydrogen-bond acceptors (Lipinski definition) is 10. The Balaban J connectivity index is 1.39. The van der Waals surface area contributed by atoms with E-state index in [1.54, 1.807) is 30.3 Å². The third-order valence-electron chi connectivity index (χ3n) is 5.84. The molecule has 0 bridgehead atoms. The Morgan fingerprint density at radius 2 is 1.38 bits per heavy atom. The van der Waals surface area contributed by atoms with Gasteiger partial charge >= 0.3 is 0 Å². The van der Waals surface area contributed by atoms with E-state index >= 15 is 0 Å². The molecule has 0 saturated heterocycles. The van der Waals surface area contributed by atoms with Crippen LogP contribution in [0.1, 0.15) is 21.5 Å². The SMILES string of the molecule is NCCOCCOCCNC(=O)c1cccc(Nc2nc(NCc3ccccc3)nc(NCc3ccc(F)cc3)n2)c1. The molecular formula is C30H35FN8O3. The Bertz CT molecular complexity index is 1390. The number of halogens is 1. The topological polar surface area (TPSA) is 148 Å². The van der Waals surface area contributed by atoms with E-state index in [9.17, 15) is 9.18 Å². The van der Waals surface area contributed by atoms with E-state index in [4.69, 9.17) is 15.2 Å². The molecule has 0 unspecified atom stereocenters. The molecule has 11 nitrogen and oxygen atoms in total. The van der Waals surface area contributed by atoms with E-state index in [1.165, 1.54) is 12.1 Å². The van der Waals surface area contributed by atoms with Crippen LogP contribution in [0.15, 0.2) is 78.9 Å². The van der Waals surface area contributed by atoms with Gasteiger partial charge in [-0.2, -0.15) is 15.0 Å². The second-order valence-electron chi connectivity index (χ2n) is 9.10. The van der Waals surface area contributed by atoms with Crippen molar-refractivity contribution in [2.75, 3.05) is 55.5 Å². The molecule has 0 saturated carbocycles. The average molecular weight is 575 g/mol. The summed E-state index contributed by atoms with van der Waals surface area (Å²) in [5.41, 5.74) is 8.40. The lowest BCUT2D eigenvalue weighted by Gasteiger charge is -2.12. The van der Waals surface area contributed by atoms with Crippen molar-refractivity contribution in [3.63, 3.8) is 0 Å². The maximum atomic E-state index is 13.3. The van der Waals surface area contributed by atoms with E-state index in [0.29, 0.717) is 75.8 Å². The summed E-state index contributed by atoms with van der Waals surface area (Å²) in [6, 6.07) is 23.1. The monoisotopic (exact) mass is 574 g/mol. The maximum Gasteiger partial charge on any atom is 0.251 e. The van der Waals surface area contributed by atoms with Gasteiger partial charge in [-0.15, -0.1) is 0 Å². The first-order chi connectivity index (χ1) is 20.6. The minimum Gasteiger partial charge on any atom is -0.378 e. The van der Waals surface area contributed by atoms with Crippen LogP contribution in [0.25, 0.3) is 0 Å². The fourth-order valence-corrected chi connectivity index (χ4v) is 3.76. The van der Waals surface area contributed by atoms with Gasteiger partial charge in [-0.1, -0.05) is 48.5 Å². The normalized spacial score (nSPS) is 10.7. The predicted molar refractivity (Wildman–Crippen MR) is 160 cm³/mol. The van der Waals surface area contributed by atoms with E-state index in [-0.39, 0.29) is 17.7 Å². The molecule has 1 aromatic heterocycles. The quantitative estimate of drug-likeness (QED) is 0.118. The average Bonchev–Trinajstić information content (AvgIpc) is 3.01. The number of nitrogens with one attached hydrogen (secondary N) is 4. The number of benzene rings is 3. The highest BCUT2D eigenvalue weighted by atomic mass is 19.1. The summed E-state index contributed by atoms with van der Waals surface area (Å²) in [5, 5.41) is 12.4. The van der Waals surface area contributed by atoms with Crippen LogP contribution in [0.2, 0.25) is 0 Å². The van der Waals surface area contributed by atoms with Gasteiger partial charge in [-0.05, 0) is 41.5 Å². The third kappa shape index (κ3) is 10.4. The summed E-state index contributed by atoms with van der Waals surface area (Å²) in [5.74, 6) is 0.440. The molecule has 1 heterocycles. The van der Waals surface area contributed by atoms with Crippen LogP contribution in [0.3, 0.4) is 0 Å². The molecule has 6 N–H and O–H groups in total. The van der Waals surface area contributed by atoms with Crippen LogP contribution >= 0.6 is 0 Å². The lowest BCUT2D eigenvalue weighted by atomic mass is 10.2. The van der Waals surface area contributed by atoms with Crippen LogP contribution in [0.4, 0.5) is 27.9 Å². The van der Waals surface area contributed by atoms with Crippen molar-refractivity contribution in [3.05, 3.63) is 101 Å². The minimum atomic E-state index is -0.300. The molecule has 0 aliphatic heterocycles. The van der Waals surface area contributed by atoms with Crippen molar-refractivity contribution in [2.45, 2.75) is 13.1 Å². The van der Waals surface area contributed by atoms with Crippen molar-refractivity contribution < 1.29 is 18.7 Å². The van der Waals surface area contributed by atoms with E-state index in [2.05, 4.69) is 36.2 Å². The summed E-state index contributed by atoms with van der Waals surface area (Å²) in [6.45, 7) is 3.50. The number of hydrogen-bond donors (Lipinski definition) is 5. The molecule has 0 fully saturated rings. The molecule has 1 amide bonds. The first-order valence-electron chi connectivity index (χ1n) is 13.6. The van der Waals surface area contributed by atoms with Gasteiger partial charge in [0.05, 0.1) is 26.4 Å². The highest BCUT2D eigenvalue weighted by Crippen LogP contribution is 2.18. The number of aromatic nitrogens is 3. The zero-order valence-electron chi connectivity index (χ0n) is 23.2. The molecule has 0 aliphatic rings. The van der Waals surface area contributed by atoms with Crippen LogP contribution in [0.5, 0.6) is 0 Å². The molecule has 0 spiro atoms. The van der Waals surface area contributed by atoms with Gasteiger partial charge in [-0.25, -0.2) is 4.39 Å². The molecule has 4 aromatic rings. The molecule has 0 radical (unpaired) electrons. The smallest absolute Gasteiger partial charge is 0.251 e. The van der Waals surface area contributed by atoms with E-state index in [0.717, 1.165) is 11.1 Å². The highest BCUT2D eigenvalue weighted by molar-refractivity contribution is 5.95. The Hall–Kier alpha value is -4.65. The zero-order chi connectivity index (χ0) is 29.4. The van der Waals surface area contributed by atoms with Gasteiger partial charge in [0.15, 0.2) is 0 Å². The van der Waals surface area contributed by atoms with E-state index in [1.807, 2.05) is 36.4 Å². The van der Waals surface area contributed by atoms with Crippen molar-refractivity contribution in [1.82, 2.24) is 20.3 Å². The summed E-state index contributed by atoms with van der Waals surface area (Å²) < 4.78 is 24.0. The molecule has 0 aliphatic carbocycles. The summed E-state index contributed by atoms with van der Waals surface area (Å²) in [4.78, 5) is 26.2. The molecule has 3 aromatic carbocycles. The Kier molecular flexibility index (Phi) is 12.0. The van der Waals surface area contributed by atoms with E-state index < -0.39 is 0 Å². The van der Waals surface area contributed by atoms with Gasteiger partial charge in [0, 0.05) is 37.4 Å². The molecular weight excluding hydrogens is 539 g/mol. The number of nitrogens with two attached hydrogens (primary N) is 1. The van der Waals surface area contributed by atoms with Crippen LogP contribution in [0, 0.1) is 5.82 Å². The van der Waals surface area contributed by atoms with Gasteiger partial charge in [0.25, 0.3) is 5.91 Å². The lowest BCUT2D eigenvalue weighted by Crippen LogP contribution is -2.27. The number of carbonyl (C=O) groups excluding carboxylic acids is 1. The van der Waals surface area contributed by atoms with Crippen molar-refractivity contribution in [2.24, 2.45) is 5.73 Å². The first-order valence-corrected chi connectivity index (χ1v) is 13.6. The molecule has 220 valence electrons. The van der Waals surface area contributed by atoms with Crippen LogP contribution in [-0.2, 0) is 22.6 Å². The van der Waals surface area contributed by atoms with Gasteiger partial charge in [0.1, 0.15) is 5.82 Å². The largest absolute Gasteiger partial charge is 0.378 e. The number of anilines is 4. The molecule has 12 heteroatoms. The van der Waals surface area contributed by atoms with Crippen LogP contribution < -0.4 is 27.0 Å². The molecule has 42 heavy (non-hydrogen) atoms. The maximum absolute atomic E-state index is 13.3. The third-order valence-corrected chi connectivity index (χ3v) is 5.84. The standard InChI is InChI=1S/C30H35FN8O3/c31-25-11-9-23(10-12-25)21-35-29-37-28(34-20-22-5-2-1-3-6-22)38-30(39-29)36-26-8-4-7-24(19-26)27(40)33-14-16-42-18-17-41-15-13-32/h1-12,19H,13-18,20-21,32H2,(H,33,40)(H3,34,35,36,37,38,39). The van der Waals surface area contributed by atoms with Crippen molar-refractivity contribution in [1.29, 1.82) is 0 Å². The zero-order valence-corrected chi connectivity index (χ0v) is 23.2. The van der Waals surface area contributed by atoms with Gasteiger partial charge in [-0.3, -0.25) is 4.79 Å². The summed E-state index contributed by atoms with van der Waals surface area (Å²) in [7, 11) is 0. The molecule has 4 rings (SSSR count). The number of nitrogens with zero attached hydrogens (tertiary/aromatic N) is 3. The summed E-state index contributed by atoms with van der Waals surface area (Å²) in [6.07, 6.45) is 0. The number of carbonyl (C=O) groups is 1. The summed E-state index contributed by atoms with van der Waals surface area (Å²) >= 11 is 0. The number of ether oxygens (including phenoxy) is 2. The first kappa shape index (κ1) is 30.3. The fourth-order valence-electron chi connectivity index (χ4n) is 3.76. The van der Waals surface area contributed by atoms with Crippen molar-refractivity contribution in [3.8, 4) is 0 Å². The van der Waals surface area contributed by atoms with Crippen molar-refractivity contribution >= 4 is 29.4 Å². The predicted octanol–water partition coefficient (Wildman–Crippen LogP) is 3.70. The Morgan fingerprint density at radius 3 is 2.07 bits per heavy atom.